The molecule has 10 rings (SSSR count). The van der Waals surface area contributed by atoms with E-state index >= 15 is 0 Å². The second-order valence-electron chi connectivity index (χ2n) is 16.2. The molecule has 4 N–H and O–H groups in total. The number of benzene rings is 4. The number of rotatable bonds is 10. The molecule has 4 aliphatic rings. The van der Waals surface area contributed by atoms with Gasteiger partial charge in [-0.2, -0.15) is 0 Å². The molecule has 0 aliphatic carbocycles. The summed E-state index contributed by atoms with van der Waals surface area (Å²) >= 11 is 17.9. The summed E-state index contributed by atoms with van der Waals surface area (Å²) in [5.74, 6) is 0.401. The maximum Gasteiger partial charge on any atom is 0.328 e. The monoisotopic (exact) mass is 1020 g/mol. The number of aromatic nitrogens is 4. The van der Waals surface area contributed by atoms with Gasteiger partial charge in [0.2, 0.25) is 23.0 Å². The minimum absolute atomic E-state index is 0.352. The molecule has 0 bridgehead atoms. The molecule has 0 saturated carbocycles. The highest BCUT2D eigenvalue weighted by Gasteiger charge is 2.58. The molecule has 0 spiro atoms. The van der Waals surface area contributed by atoms with Gasteiger partial charge in [-0.25, -0.2) is 29.5 Å². The first-order valence-electron chi connectivity index (χ1n) is 22.0. The van der Waals surface area contributed by atoms with Crippen LogP contribution in [0.2, 0.25) is 15.1 Å². The normalized spacial score (nSPS) is 18.0. The van der Waals surface area contributed by atoms with E-state index in [0.717, 1.165) is 0 Å². The number of amides is 8. The molecule has 362 valence electrons. The van der Waals surface area contributed by atoms with Gasteiger partial charge in [0.1, 0.15) is 23.0 Å². The first-order chi connectivity index (χ1) is 34.3. The van der Waals surface area contributed by atoms with Crippen LogP contribution >= 0.6 is 34.8 Å². The maximum atomic E-state index is 13.3. The Bertz CT molecular complexity index is 2920. The van der Waals surface area contributed by atoms with Gasteiger partial charge in [-0.1, -0.05) is 59.1 Å². The maximum absolute atomic E-state index is 13.3. The average molecular weight is 1020 g/mol. The van der Waals surface area contributed by atoms with E-state index < -0.39 is 46.8 Å². The molecule has 23 heteroatoms. The van der Waals surface area contributed by atoms with Gasteiger partial charge in [-0.05, 0) is 83.9 Å². The van der Waals surface area contributed by atoms with Gasteiger partial charge in [0.25, 0.3) is 23.6 Å². The highest BCUT2D eigenvalue weighted by molar-refractivity contribution is 6.42. The number of barbiturate groups is 2. The first kappa shape index (κ1) is 48.3. The number of hydrogen-bond donors (Lipinski definition) is 4. The van der Waals surface area contributed by atoms with Crippen molar-refractivity contribution in [3.63, 3.8) is 0 Å². The average Bonchev–Trinajstić information content (AvgIpc) is 3.38. The van der Waals surface area contributed by atoms with E-state index in [2.05, 4.69) is 41.2 Å². The lowest BCUT2D eigenvalue weighted by atomic mass is 9.84. The van der Waals surface area contributed by atoms with Crippen molar-refractivity contribution in [3.05, 3.63) is 154 Å². The largest absolute Gasteiger partial charge is 0.457 e. The van der Waals surface area contributed by atoms with Crippen molar-refractivity contribution in [2.45, 2.75) is 11.1 Å². The molecule has 4 aromatic carbocycles. The zero-order chi connectivity index (χ0) is 49.7. The van der Waals surface area contributed by atoms with Gasteiger partial charge in [0, 0.05) is 88.2 Å². The number of piperazine rings is 2. The number of halogens is 3. The van der Waals surface area contributed by atoms with Crippen LogP contribution in [0, 0.1) is 0 Å². The van der Waals surface area contributed by atoms with Gasteiger partial charge in [-0.15, -0.1) is 0 Å². The van der Waals surface area contributed by atoms with Crippen LogP contribution in [0.15, 0.2) is 128 Å². The fourth-order valence-corrected chi connectivity index (χ4v) is 9.16. The van der Waals surface area contributed by atoms with E-state index in [1.165, 1.54) is 0 Å². The van der Waals surface area contributed by atoms with Crippen LogP contribution < -0.4 is 40.5 Å². The van der Waals surface area contributed by atoms with Crippen molar-refractivity contribution < 1.29 is 38.2 Å². The minimum Gasteiger partial charge on any atom is -0.457 e. The summed E-state index contributed by atoms with van der Waals surface area (Å²) in [7, 11) is 0. The molecule has 2 aromatic heterocycles. The lowest BCUT2D eigenvalue weighted by Crippen LogP contribution is -2.73. The van der Waals surface area contributed by atoms with Gasteiger partial charge in [0.15, 0.2) is 0 Å². The fraction of sp³-hybridized carbons (Fsp3) is 0.208. The van der Waals surface area contributed by atoms with E-state index in [0.29, 0.717) is 113 Å². The van der Waals surface area contributed by atoms with Crippen LogP contribution in [-0.2, 0) is 30.3 Å². The van der Waals surface area contributed by atoms with Crippen molar-refractivity contribution in [3.8, 4) is 23.0 Å². The van der Waals surface area contributed by atoms with Crippen LogP contribution in [-0.4, -0.2) is 118 Å². The third-order valence-electron chi connectivity index (χ3n) is 12.1. The van der Waals surface area contributed by atoms with Crippen molar-refractivity contribution in [2.75, 3.05) is 62.2 Å². The Morgan fingerprint density at radius 3 is 1.13 bits per heavy atom. The van der Waals surface area contributed by atoms with E-state index in [-0.39, 0.29) is 0 Å². The number of anilines is 2. The molecular formula is C48H41Cl3N12O8. The summed E-state index contributed by atoms with van der Waals surface area (Å²) in [5.41, 5.74) is -2.63. The second-order valence-corrected chi connectivity index (χ2v) is 17.5. The third kappa shape index (κ3) is 9.88. The topological polar surface area (TPSA) is 234 Å². The highest BCUT2D eigenvalue weighted by atomic mass is 35.5. The number of urea groups is 2. The van der Waals surface area contributed by atoms with Crippen molar-refractivity contribution in [1.82, 2.24) is 51.0 Å². The summed E-state index contributed by atoms with van der Waals surface area (Å²) in [6, 6.07) is 26.8. The summed E-state index contributed by atoms with van der Waals surface area (Å²) < 4.78 is 11.7. The molecule has 71 heavy (non-hydrogen) atoms. The predicted octanol–water partition coefficient (Wildman–Crippen LogP) is 5.27. The zero-order valence-corrected chi connectivity index (χ0v) is 39.5. The number of imide groups is 4. The quantitative estimate of drug-likeness (QED) is 0.128. The third-order valence-corrected chi connectivity index (χ3v) is 13.1. The van der Waals surface area contributed by atoms with Gasteiger partial charge < -0.3 is 19.3 Å². The fourth-order valence-electron chi connectivity index (χ4n) is 8.74. The Morgan fingerprint density at radius 2 is 0.761 bits per heavy atom. The van der Waals surface area contributed by atoms with E-state index in [1.54, 1.807) is 138 Å². The van der Waals surface area contributed by atoms with E-state index in [9.17, 15) is 28.8 Å². The molecule has 20 nitrogen and oxygen atoms in total. The van der Waals surface area contributed by atoms with Crippen LogP contribution in [0.4, 0.5) is 21.5 Å². The van der Waals surface area contributed by atoms with E-state index in [1.807, 2.05) is 9.80 Å². The number of hydrogen-bond acceptors (Lipinski definition) is 16. The van der Waals surface area contributed by atoms with Gasteiger partial charge in [0.05, 0.1) is 10.0 Å². The Morgan fingerprint density at radius 1 is 0.423 bits per heavy atom. The lowest BCUT2D eigenvalue weighted by molar-refractivity contribution is -0.150. The minimum atomic E-state index is -1.74. The SMILES string of the molecule is O=C1NC(=O)C(c2ccc(Oc3ccc(Cl)c(Cl)c3)cc2)(N2CCN(c3ncccn3)CC2)C(=O)N1.O=C1NC(=O)C(c2ccc(Oc3ccc(Cl)cc3)cc2)(N2CCN(c3ncccn3)CC2)C(=O)N1. The highest BCUT2D eigenvalue weighted by Crippen LogP contribution is 2.37. The standard InChI is InChI=1S/C24H20Cl2N6O4.C24H21ClN6O4/c25-18-7-6-17(14-19(18)26)36-16-4-2-15(3-5-16)24(20(33)29-23(35)30-21(24)34)32-12-10-31(11-13-32)22-27-8-1-9-28-22;25-17-4-8-19(9-5-17)35-18-6-2-16(3-7-18)24(20(32)28-23(34)29-21(24)33)31-14-12-30(13-15-31)22-26-10-1-11-27-22/h1-9,14H,10-13H2,(H2,29,30,33,34,35);1-11H,12-15H2,(H2,28,29,32,33,34). The molecule has 6 aromatic rings. The van der Waals surface area contributed by atoms with Crippen molar-refractivity contribution in [1.29, 1.82) is 0 Å². The second kappa shape index (κ2) is 20.7. The molecule has 8 amide bonds. The molecule has 4 saturated heterocycles. The summed E-state index contributed by atoms with van der Waals surface area (Å²) in [4.78, 5) is 102. The molecule has 0 atom stereocenters. The number of ether oxygens (including phenoxy) is 2. The van der Waals surface area contributed by atoms with Crippen molar-refractivity contribution in [2.24, 2.45) is 0 Å². The van der Waals surface area contributed by atoms with Crippen LogP contribution in [0.25, 0.3) is 0 Å². The Labute approximate surface area is 420 Å². The van der Waals surface area contributed by atoms with Crippen LogP contribution in [0.3, 0.4) is 0 Å². The number of carbonyl (C=O) groups is 6. The molecule has 0 radical (unpaired) electrons. The Balaban J connectivity index is 0.000000176. The summed E-state index contributed by atoms with van der Waals surface area (Å²) in [6.45, 7) is 3.42. The van der Waals surface area contributed by atoms with Crippen molar-refractivity contribution >= 4 is 82.4 Å². The lowest BCUT2D eigenvalue weighted by Gasteiger charge is -2.46. The summed E-state index contributed by atoms with van der Waals surface area (Å²) in [5, 5.41) is 10.4. The molecule has 4 fully saturated rings. The number of carbonyl (C=O) groups excluding carboxylic acids is 6. The van der Waals surface area contributed by atoms with Gasteiger partial charge >= 0.3 is 12.1 Å². The molecular weight excluding hydrogens is 979 g/mol. The zero-order valence-electron chi connectivity index (χ0n) is 37.3. The number of nitrogens with one attached hydrogen (secondary N) is 4. The Hall–Kier alpha value is -7.75. The van der Waals surface area contributed by atoms with Crippen LogP contribution in [0.1, 0.15) is 11.1 Å². The smallest absolute Gasteiger partial charge is 0.328 e. The molecule has 0 unspecified atom stereocenters. The predicted molar refractivity (Wildman–Crippen MR) is 259 cm³/mol. The van der Waals surface area contributed by atoms with E-state index in [4.69, 9.17) is 44.3 Å². The summed E-state index contributed by atoms with van der Waals surface area (Å²) in [6.07, 6.45) is 6.64. The molecule has 4 aliphatic heterocycles. The Kier molecular flexibility index (Phi) is 14.1. The molecule has 6 heterocycles. The first-order valence-corrected chi connectivity index (χ1v) is 23.1. The van der Waals surface area contributed by atoms with Crippen LogP contribution in [0.5, 0.6) is 23.0 Å². The van der Waals surface area contributed by atoms with Gasteiger partial charge in [-0.3, -0.25) is 50.2 Å². The number of nitrogens with zero attached hydrogens (tertiary/aromatic N) is 8.